The number of benzene rings is 1. The van der Waals surface area contributed by atoms with Gasteiger partial charge in [0, 0.05) is 18.1 Å². The van der Waals surface area contributed by atoms with Gasteiger partial charge in [-0.15, -0.1) is 0 Å². The molecular weight excluding hydrogens is 264 g/mol. The van der Waals surface area contributed by atoms with E-state index in [0.717, 1.165) is 24.9 Å². The molecule has 1 heterocycles. The third-order valence-electron chi connectivity index (χ3n) is 3.33. The molecule has 1 aromatic carbocycles. The average Bonchev–Trinajstić information content (AvgIpc) is 2.94. The molecule has 0 saturated carbocycles. The van der Waals surface area contributed by atoms with Gasteiger partial charge in [-0.05, 0) is 37.1 Å². The largest absolute Gasteiger partial charge is 0.395 e. The number of rotatable bonds is 5. The van der Waals surface area contributed by atoms with Crippen LogP contribution in [0.2, 0.25) is 5.02 Å². The smallest absolute Gasteiger partial charge is 0.240 e. The van der Waals surface area contributed by atoms with E-state index in [0.29, 0.717) is 18.1 Å². The Morgan fingerprint density at radius 2 is 2.16 bits per heavy atom. The zero-order chi connectivity index (χ0) is 13.7. The summed E-state index contributed by atoms with van der Waals surface area (Å²) >= 11 is 5.84. The van der Waals surface area contributed by atoms with Crippen LogP contribution in [-0.2, 0) is 11.3 Å². The second kappa shape index (κ2) is 6.89. The van der Waals surface area contributed by atoms with Gasteiger partial charge in [0.15, 0.2) is 0 Å². The number of aliphatic hydroxyl groups is 1. The molecule has 5 heteroatoms. The Hall–Kier alpha value is -1.10. The number of carbonyl (C=O) groups is 1. The molecule has 2 N–H and O–H groups in total. The van der Waals surface area contributed by atoms with Crippen molar-refractivity contribution in [1.29, 1.82) is 0 Å². The minimum absolute atomic E-state index is 0.0218. The Labute approximate surface area is 118 Å². The van der Waals surface area contributed by atoms with Crippen LogP contribution in [0.25, 0.3) is 0 Å². The molecule has 4 nitrogen and oxygen atoms in total. The van der Waals surface area contributed by atoms with Gasteiger partial charge in [0.1, 0.15) is 0 Å². The predicted molar refractivity (Wildman–Crippen MR) is 75.0 cm³/mol. The monoisotopic (exact) mass is 282 g/mol. The number of halogens is 1. The molecule has 1 aliphatic heterocycles. The lowest BCUT2D eigenvalue weighted by Gasteiger charge is -2.25. The summed E-state index contributed by atoms with van der Waals surface area (Å²) in [5, 5.41) is 13.0. The van der Waals surface area contributed by atoms with Crippen LogP contribution in [0, 0.1) is 0 Å². The lowest BCUT2D eigenvalue weighted by molar-refractivity contribution is -0.134. The SMILES string of the molecule is O=C([C@H]1CCCN1)N(CCO)Cc1ccc(Cl)cc1. The van der Waals surface area contributed by atoms with Crippen LogP contribution >= 0.6 is 11.6 Å². The summed E-state index contributed by atoms with van der Waals surface area (Å²) in [5.41, 5.74) is 1.02. The minimum atomic E-state index is -0.0983. The second-order valence-corrected chi connectivity index (χ2v) is 5.20. The van der Waals surface area contributed by atoms with Crippen LogP contribution in [0.3, 0.4) is 0 Å². The van der Waals surface area contributed by atoms with Gasteiger partial charge in [-0.3, -0.25) is 4.79 Å². The maximum Gasteiger partial charge on any atom is 0.240 e. The van der Waals surface area contributed by atoms with Gasteiger partial charge in [-0.2, -0.15) is 0 Å². The first-order chi connectivity index (χ1) is 9.20. The van der Waals surface area contributed by atoms with E-state index in [1.165, 1.54) is 0 Å². The Kier molecular flexibility index (Phi) is 5.19. The van der Waals surface area contributed by atoms with Crippen LogP contribution in [0.5, 0.6) is 0 Å². The van der Waals surface area contributed by atoms with Gasteiger partial charge in [0.05, 0.1) is 12.6 Å². The first-order valence-electron chi connectivity index (χ1n) is 6.58. The van der Waals surface area contributed by atoms with Crippen molar-refractivity contribution < 1.29 is 9.90 Å². The highest BCUT2D eigenvalue weighted by Gasteiger charge is 2.26. The summed E-state index contributed by atoms with van der Waals surface area (Å²) in [6.07, 6.45) is 1.91. The minimum Gasteiger partial charge on any atom is -0.395 e. The Morgan fingerprint density at radius 1 is 1.42 bits per heavy atom. The van der Waals surface area contributed by atoms with Crippen LogP contribution < -0.4 is 5.32 Å². The molecule has 1 amide bonds. The van der Waals surface area contributed by atoms with Crippen molar-refractivity contribution in [2.24, 2.45) is 0 Å². The van der Waals surface area contributed by atoms with Gasteiger partial charge < -0.3 is 15.3 Å². The van der Waals surface area contributed by atoms with Crippen molar-refractivity contribution in [2.45, 2.75) is 25.4 Å². The quantitative estimate of drug-likeness (QED) is 0.859. The van der Waals surface area contributed by atoms with Gasteiger partial charge in [0.2, 0.25) is 5.91 Å². The molecule has 19 heavy (non-hydrogen) atoms. The molecule has 0 bridgehead atoms. The fourth-order valence-corrected chi connectivity index (χ4v) is 2.44. The molecule has 0 aliphatic carbocycles. The number of hydrogen-bond acceptors (Lipinski definition) is 3. The summed E-state index contributed by atoms with van der Waals surface area (Å²) in [5.74, 6) is 0.0708. The second-order valence-electron chi connectivity index (χ2n) is 4.76. The van der Waals surface area contributed by atoms with Gasteiger partial charge >= 0.3 is 0 Å². The molecule has 0 aromatic heterocycles. The fraction of sp³-hybridized carbons (Fsp3) is 0.500. The zero-order valence-electron chi connectivity index (χ0n) is 10.8. The molecule has 0 spiro atoms. The van der Waals surface area contributed by atoms with Crippen LogP contribution in [0.1, 0.15) is 18.4 Å². The van der Waals surface area contributed by atoms with Crippen molar-refractivity contribution in [3.05, 3.63) is 34.9 Å². The fourth-order valence-electron chi connectivity index (χ4n) is 2.31. The maximum absolute atomic E-state index is 12.3. The van der Waals surface area contributed by atoms with E-state index < -0.39 is 0 Å². The molecule has 1 atom stereocenters. The van der Waals surface area contributed by atoms with E-state index in [1.807, 2.05) is 24.3 Å². The summed E-state index contributed by atoms with van der Waals surface area (Å²) < 4.78 is 0. The van der Waals surface area contributed by atoms with E-state index in [9.17, 15) is 4.79 Å². The van der Waals surface area contributed by atoms with Crippen molar-refractivity contribution in [3.63, 3.8) is 0 Å². The van der Waals surface area contributed by atoms with Crippen LogP contribution in [-0.4, -0.2) is 41.7 Å². The van der Waals surface area contributed by atoms with Crippen molar-refractivity contribution in [2.75, 3.05) is 19.7 Å². The molecule has 104 valence electrons. The normalized spacial score (nSPS) is 18.5. The third kappa shape index (κ3) is 3.93. The first kappa shape index (κ1) is 14.3. The molecule has 2 rings (SSSR count). The standard InChI is InChI=1S/C14H19ClN2O2/c15-12-5-3-11(4-6-12)10-17(8-9-18)14(19)13-2-1-7-16-13/h3-6,13,16,18H,1-2,7-10H2/t13-/m1/s1. The zero-order valence-corrected chi connectivity index (χ0v) is 11.6. The van der Waals surface area contributed by atoms with Crippen molar-refractivity contribution >= 4 is 17.5 Å². The lowest BCUT2D eigenvalue weighted by atomic mass is 10.1. The molecule has 1 fully saturated rings. The van der Waals surface area contributed by atoms with Crippen molar-refractivity contribution in [1.82, 2.24) is 10.2 Å². The first-order valence-corrected chi connectivity index (χ1v) is 6.96. The molecule has 1 saturated heterocycles. The topological polar surface area (TPSA) is 52.6 Å². The predicted octanol–water partition coefficient (Wildman–Crippen LogP) is 1.41. The van der Waals surface area contributed by atoms with Gasteiger partial charge in [-0.25, -0.2) is 0 Å². The molecule has 1 aliphatic rings. The Balaban J connectivity index is 2.02. The highest BCUT2D eigenvalue weighted by atomic mass is 35.5. The third-order valence-corrected chi connectivity index (χ3v) is 3.58. The highest BCUT2D eigenvalue weighted by Crippen LogP contribution is 2.14. The summed E-state index contributed by atoms with van der Waals surface area (Å²) in [7, 11) is 0. The van der Waals surface area contributed by atoms with Gasteiger partial charge in [0.25, 0.3) is 0 Å². The van der Waals surface area contributed by atoms with E-state index >= 15 is 0 Å². The number of nitrogens with one attached hydrogen (secondary N) is 1. The van der Waals surface area contributed by atoms with E-state index in [2.05, 4.69) is 5.32 Å². The van der Waals surface area contributed by atoms with Crippen molar-refractivity contribution in [3.8, 4) is 0 Å². The van der Waals surface area contributed by atoms with Crippen LogP contribution in [0.15, 0.2) is 24.3 Å². The molecule has 1 aromatic rings. The van der Waals surface area contributed by atoms with Gasteiger partial charge in [-0.1, -0.05) is 23.7 Å². The summed E-state index contributed by atoms with van der Waals surface area (Å²) in [4.78, 5) is 14.0. The number of hydrogen-bond donors (Lipinski definition) is 2. The number of nitrogens with zero attached hydrogens (tertiary/aromatic N) is 1. The summed E-state index contributed by atoms with van der Waals surface area (Å²) in [6, 6.07) is 7.33. The van der Waals surface area contributed by atoms with E-state index in [4.69, 9.17) is 16.7 Å². The maximum atomic E-state index is 12.3. The summed E-state index contributed by atoms with van der Waals surface area (Å²) in [6.45, 7) is 1.74. The molecular formula is C14H19ClN2O2. The highest BCUT2D eigenvalue weighted by molar-refractivity contribution is 6.30. The van der Waals surface area contributed by atoms with E-state index in [-0.39, 0.29) is 18.6 Å². The average molecular weight is 283 g/mol. The molecule has 0 unspecified atom stereocenters. The number of aliphatic hydroxyl groups excluding tert-OH is 1. The van der Waals surface area contributed by atoms with E-state index in [1.54, 1.807) is 4.90 Å². The molecule has 0 radical (unpaired) electrons. The lowest BCUT2D eigenvalue weighted by Crippen LogP contribution is -2.44. The Morgan fingerprint density at radius 3 is 2.74 bits per heavy atom. The van der Waals surface area contributed by atoms with Crippen LogP contribution in [0.4, 0.5) is 0 Å². The Bertz CT molecular complexity index is 416. The number of amides is 1. The number of carbonyl (C=O) groups excluding carboxylic acids is 1.